The summed E-state index contributed by atoms with van der Waals surface area (Å²) in [6.45, 7) is 3.01. The number of rotatable bonds is 6. The second kappa shape index (κ2) is 7.89. The second-order valence-electron chi connectivity index (χ2n) is 3.77. The van der Waals surface area contributed by atoms with Crippen LogP contribution in [0.3, 0.4) is 0 Å². The molecule has 0 radical (unpaired) electrons. The van der Waals surface area contributed by atoms with Crippen LogP contribution in [0.4, 0.5) is 0 Å². The smallest absolute Gasteiger partial charge is 0.233 e. The van der Waals surface area contributed by atoms with Crippen molar-refractivity contribution >= 4 is 40.9 Å². The number of nitrogens with one attached hydrogen (secondary N) is 1. The first-order chi connectivity index (χ1) is 8.54. The average Bonchev–Trinajstić information content (AvgIpc) is 2.34. The van der Waals surface area contributed by atoms with E-state index in [4.69, 9.17) is 28.9 Å². The number of nitrogens with two attached hydrogens (primary N) is 1. The van der Waals surface area contributed by atoms with Gasteiger partial charge in [-0.1, -0.05) is 23.2 Å². The summed E-state index contributed by atoms with van der Waals surface area (Å²) in [6, 6.07) is 5.21. The van der Waals surface area contributed by atoms with Gasteiger partial charge in [-0.2, -0.15) is 0 Å². The van der Waals surface area contributed by atoms with E-state index < -0.39 is 0 Å². The fourth-order valence-corrected chi connectivity index (χ4v) is 2.70. The van der Waals surface area contributed by atoms with Gasteiger partial charge < -0.3 is 11.1 Å². The molecule has 100 valence electrons. The highest BCUT2D eigenvalue weighted by molar-refractivity contribution is 8.00. The minimum atomic E-state index is -0.223. The Kier molecular flexibility index (Phi) is 6.86. The van der Waals surface area contributed by atoms with Crippen LogP contribution >= 0.6 is 35.0 Å². The van der Waals surface area contributed by atoms with E-state index in [0.717, 1.165) is 11.3 Å². The molecule has 0 saturated carbocycles. The predicted octanol–water partition coefficient (Wildman–Crippen LogP) is 2.94. The lowest BCUT2D eigenvalue weighted by atomic mass is 10.4. The summed E-state index contributed by atoms with van der Waals surface area (Å²) >= 11 is 13.3. The number of benzene rings is 1. The third kappa shape index (κ3) is 5.06. The first-order valence-electron chi connectivity index (χ1n) is 5.64. The van der Waals surface area contributed by atoms with Gasteiger partial charge in [0.25, 0.3) is 0 Å². The Morgan fingerprint density at radius 2 is 2.22 bits per heavy atom. The third-order valence-electron chi connectivity index (χ3n) is 2.25. The van der Waals surface area contributed by atoms with Gasteiger partial charge in [-0.3, -0.25) is 4.79 Å². The number of thioether (sulfide) groups is 1. The van der Waals surface area contributed by atoms with Crippen molar-refractivity contribution in [2.45, 2.75) is 23.5 Å². The zero-order chi connectivity index (χ0) is 13.5. The summed E-state index contributed by atoms with van der Waals surface area (Å²) < 4.78 is 0. The fourth-order valence-electron chi connectivity index (χ4n) is 1.27. The maximum absolute atomic E-state index is 11.8. The summed E-state index contributed by atoms with van der Waals surface area (Å²) in [7, 11) is 0. The molecule has 0 fully saturated rings. The van der Waals surface area contributed by atoms with E-state index in [9.17, 15) is 4.79 Å². The van der Waals surface area contributed by atoms with Gasteiger partial charge in [-0.05, 0) is 38.1 Å². The lowest BCUT2D eigenvalue weighted by Crippen LogP contribution is -2.32. The van der Waals surface area contributed by atoms with Crippen LogP contribution in [0.15, 0.2) is 23.1 Å². The van der Waals surface area contributed by atoms with Gasteiger partial charge in [0.15, 0.2) is 0 Å². The summed E-state index contributed by atoms with van der Waals surface area (Å²) in [5.41, 5.74) is 5.36. The minimum absolute atomic E-state index is 0.0236. The number of hydrogen-bond donors (Lipinski definition) is 2. The molecule has 6 heteroatoms. The first-order valence-corrected chi connectivity index (χ1v) is 7.27. The van der Waals surface area contributed by atoms with Crippen molar-refractivity contribution in [1.82, 2.24) is 5.32 Å². The maximum Gasteiger partial charge on any atom is 0.233 e. The van der Waals surface area contributed by atoms with Crippen molar-refractivity contribution in [3.8, 4) is 0 Å². The normalized spacial score (nSPS) is 12.2. The number of hydrogen-bond acceptors (Lipinski definition) is 3. The first kappa shape index (κ1) is 15.6. The lowest BCUT2D eigenvalue weighted by Gasteiger charge is -2.12. The van der Waals surface area contributed by atoms with E-state index in [1.54, 1.807) is 18.2 Å². The summed E-state index contributed by atoms with van der Waals surface area (Å²) in [5.74, 6) is -0.0236. The quantitative estimate of drug-likeness (QED) is 0.627. The summed E-state index contributed by atoms with van der Waals surface area (Å²) in [5, 5.41) is 3.81. The van der Waals surface area contributed by atoms with Crippen molar-refractivity contribution in [3.63, 3.8) is 0 Å². The molecule has 1 unspecified atom stereocenters. The molecular weight excluding hydrogens is 291 g/mol. The van der Waals surface area contributed by atoms with Crippen LogP contribution in [-0.4, -0.2) is 24.2 Å². The van der Waals surface area contributed by atoms with E-state index in [1.807, 2.05) is 6.92 Å². The Bertz CT molecular complexity index is 415. The zero-order valence-electron chi connectivity index (χ0n) is 10.1. The van der Waals surface area contributed by atoms with Crippen molar-refractivity contribution in [3.05, 3.63) is 28.2 Å². The average molecular weight is 307 g/mol. The summed E-state index contributed by atoms with van der Waals surface area (Å²) in [4.78, 5) is 12.6. The fraction of sp³-hybridized carbons (Fsp3) is 0.417. The largest absolute Gasteiger partial charge is 0.355 e. The molecular formula is C12H16Cl2N2OS. The van der Waals surface area contributed by atoms with Gasteiger partial charge in [0.2, 0.25) is 5.91 Å². The number of carbonyl (C=O) groups is 1. The van der Waals surface area contributed by atoms with Crippen molar-refractivity contribution in [2.24, 2.45) is 5.73 Å². The number of amides is 1. The molecule has 18 heavy (non-hydrogen) atoms. The third-order valence-corrected chi connectivity index (χ3v) is 4.08. The van der Waals surface area contributed by atoms with E-state index in [2.05, 4.69) is 5.32 Å². The number of halogens is 2. The van der Waals surface area contributed by atoms with Gasteiger partial charge in [0.1, 0.15) is 0 Å². The Hall–Kier alpha value is -0.420. The molecule has 1 aromatic rings. The van der Waals surface area contributed by atoms with Crippen LogP contribution in [0, 0.1) is 0 Å². The van der Waals surface area contributed by atoms with Gasteiger partial charge in [-0.25, -0.2) is 0 Å². The molecule has 0 aliphatic carbocycles. The molecule has 1 aromatic carbocycles. The van der Waals surface area contributed by atoms with Gasteiger partial charge in [-0.15, -0.1) is 11.8 Å². The van der Waals surface area contributed by atoms with Gasteiger partial charge in [0.05, 0.1) is 10.3 Å². The van der Waals surface area contributed by atoms with Crippen molar-refractivity contribution in [1.29, 1.82) is 0 Å². The van der Waals surface area contributed by atoms with Crippen LogP contribution in [0.1, 0.15) is 13.3 Å². The van der Waals surface area contributed by atoms with E-state index >= 15 is 0 Å². The van der Waals surface area contributed by atoms with Gasteiger partial charge >= 0.3 is 0 Å². The maximum atomic E-state index is 11.8. The van der Waals surface area contributed by atoms with E-state index in [0.29, 0.717) is 23.1 Å². The van der Waals surface area contributed by atoms with E-state index in [-0.39, 0.29) is 11.2 Å². The molecule has 0 aliphatic rings. The molecule has 1 amide bonds. The molecule has 0 saturated heterocycles. The van der Waals surface area contributed by atoms with Crippen LogP contribution < -0.4 is 11.1 Å². The molecule has 3 nitrogen and oxygen atoms in total. The summed E-state index contributed by atoms with van der Waals surface area (Å²) in [6.07, 6.45) is 0.779. The Morgan fingerprint density at radius 3 is 2.89 bits per heavy atom. The second-order valence-corrected chi connectivity index (χ2v) is 5.99. The molecule has 3 N–H and O–H groups in total. The molecule has 0 spiro atoms. The predicted molar refractivity (Wildman–Crippen MR) is 78.5 cm³/mol. The zero-order valence-corrected chi connectivity index (χ0v) is 12.4. The molecule has 0 heterocycles. The molecule has 0 bridgehead atoms. The Labute approximate surface area is 121 Å². The molecule has 0 aromatic heterocycles. The van der Waals surface area contributed by atoms with E-state index in [1.165, 1.54) is 11.8 Å². The van der Waals surface area contributed by atoms with Crippen molar-refractivity contribution in [2.75, 3.05) is 13.1 Å². The SMILES string of the molecule is CC(Sc1cc(Cl)ccc1Cl)C(=O)NCCCN. The van der Waals surface area contributed by atoms with Crippen LogP contribution in [0.5, 0.6) is 0 Å². The van der Waals surface area contributed by atoms with Crippen molar-refractivity contribution < 1.29 is 4.79 Å². The highest BCUT2D eigenvalue weighted by Crippen LogP contribution is 2.32. The van der Waals surface area contributed by atoms with Crippen LogP contribution in [0.25, 0.3) is 0 Å². The molecule has 0 aliphatic heterocycles. The molecule has 1 atom stereocenters. The minimum Gasteiger partial charge on any atom is -0.355 e. The lowest BCUT2D eigenvalue weighted by molar-refractivity contribution is -0.120. The van der Waals surface area contributed by atoms with Gasteiger partial charge in [0, 0.05) is 16.5 Å². The van der Waals surface area contributed by atoms with Crippen LogP contribution in [0.2, 0.25) is 10.0 Å². The van der Waals surface area contributed by atoms with Crippen LogP contribution in [-0.2, 0) is 4.79 Å². The Balaban J connectivity index is 2.55. The number of carbonyl (C=O) groups excluding carboxylic acids is 1. The standard InChI is InChI=1S/C12H16Cl2N2OS/c1-8(12(17)16-6-2-5-15)18-11-7-9(13)3-4-10(11)14/h3-4,7-8H,2,5-6,15H2,1H3,(H,16,17). The monoisotopic (exact) mass is 306 g/mol. The Morgan fingerprint density at radius 1 is 1.50 bits per heavy atom. The highest BCUT2D eigenvalue weighted by Gasteiger charge is 2.15. The topological polar surface area (TPSA) is 55.1 Å². The molecule has 1 rings (SSSR count). The highest BCUT2D eigenvalue weighted by atomic mass is 35.5.